The van der Waals surface area contributed by atoms with E-state index in [0.29, 0.717) is 37.5 Å². The second kappa shape index (κ2) is 8.51. The molecule has 1 fully saturated rings. The molecule has 4 rings (SSSR count). The fourth-order valence-electron chi connectivity index (χ4n) is 3.21. The van der Waals surface area contributed by atoms with Crippen LogP contribution in [0.2, 0.25) is 0 Å². The highest BCUT2D eigenvalue weighted by atomic mass is 79.9. The summed E-state index contributed by atoms with van der Waals surface area (Å²) in [7, 11) is -3.47. The van der Waals surface area contributed by atoms with E-state index in [1.807, 2.05) is 0 Å². The minimum Gasteiger partial charge on any atom is -0.344 e. The third kappa shape index (κ3) is 4.69. The van der Waals surface area contributed by atoms with Crippen LogP contribution >= 0.6 is 27.5 Å². The number of rotatable bonds is 5. The molecule has 9 heteroatoms. The molecule has 6 nitrogen and oxygen atoms in total. The van der Waals surface area contributed by atoms with Gasteiger partial charge in [-0.25, -0.2) is 13.4 Å². The van der Waals surface area contributed by atoms with Crippen LogP contribution in [0.15, 0.2) is 57.9 Å². The van der Waals surface area contributed by atoms with Crippen LogP contribution in [0.4, 0.5) is 5.13 Å². The molecule has 2 aromatic carbocycles. The molecule has 1 aliphatic heterocycles. The largest absolute Gasteiger partial charge is 0.344 e. The van der Waals surface area contributed by atoms with E-state index in [9.17, 15) is 8.42 Å². The molecule has 0 bridgehead atoms. The summed E-state index contributed by atoms with van der Waals surface area (Å²) in [5, 5.41) is 0.854. The molecule has 0 amide bonds. The van der Waals surface area contributed by atoms with Gasteiger partial charge in [0.1, 0.15) is 5.82 Å². The van der Waals surface area contributed by atoms with E-state index in [1.54, 1.807) is 28.6 Å². The molecule has 3 aromatic rings. The molecule has 1 saturated heterocycles. The molecular formula is C20H21BrN4O2S2. The van der Waals surface area contributed by atoms with Gasteiger partial charge in [0.05, 0.1) is 4.90 Å². The number of nitrogens with zero attached hydrogens (tertiary/aromatic N) is 4. The number of aromatic nitrogens is 2. The summed E-state index contributed by atoms with van der Waals surface area (Å²) in [4.78, 5) is 7.11. The molecule has 2 heterocycles. The highest BCUT2D eigenvalue weighted by Gasteiger charge is 2.29. The second-order valence-electron chi connectivity index (χ2n) is 7.00. The molecule has 29 heavy (non-hydrogen) atoms. The predicted molar refractivity (Wildman–Crippen MR) is 119 cm³/mol. The molecule has 152 valence electrons. The first-order valence-corrected chi connectivity index (χ1v) is 12.3. The molecular weight excluding hydrogens is 472 g/mol. The first-order valence-electron chi connectivity index (χ1n) is 9.30. The fourth-order valence-corrected chi connectivity index (χ4v) is 5.63. The Morgan fingerprint density at radius 3 is 2.31 bits per heavy atom. The van der Waals surface area contributed by atoms with Crippen LogP contribution in [0.25, 0.3) is 0 Å². The van der Waals surface area contributed by atoms with Crippen LogP contribution in [0.1, 0.15) is 17.0 Å². The second-order valence-corrected chi connectivity index (χ2v) is 10.6. The highest BCUT2D eigenvalue weighted by molar-refractivity contribution is 9.10. The summed E-state index contributed by atoms with van der Waals surface area (Å²) in [5.74, 6) is 0.804. The van der Waals surface area contributed by atoms with Crippen molar-refractivity contribution >= 4 is 42.6 Å². The normalized spacial score (nSPS) is 15.6. The minimum atomic E-state index is -3.47. The molecule has 0 radical (unpaired) electrons. The zero-order valence-corrected chi connectivity index (χ0v) is 19.2. The zero-order chi connectivity index (χ0) is 20.4. The van der Waals surface area contributed by atoms with E-state index in [0.717, 1.165) is 15.4 Å². The number of anilines is 1. The first-order chi connectivity index (χ1) is 13.9. The molecule has 1 aromatic heterocycles. The van der Waals surface area contributed by atoms with Crippen molar-refractivity contribution in [2.75, 3.05) is 31.1 Å². The Balaban J connectivity index is 1.39. The Hall–Kier alpha value is -1.81. The average molecular weight is 493 g/mol. The van der Waals surface area contributed by atoms with Crippen molar-refractivity contribution in [2.24, 2.45) is 0 Å². The number of hydrogen-bond acceptors (Lipinski definition) is 6. The minimum absolute atomic E-state index is 0.324. The topological polar surface area (TPSA) is 66.4 Å². The van der Waals surface area contributed by atoms with Gasteiger partial charge in [-0.05, 0) is 36.8 Å². The standard InChI is InChI=1S/C20H21BrN4O2S2/c1-15-2-4-16(5-3-15)14-19-22-20(28-23-19)24-10-12-25(13-11-24)29(26,27)18-8-6-17(21)7-9-18/h2-9H,10-14H2,1H3. The summed E-state index contributed by atoms with van der Waals surface area (Å²) >= 11 is 4.72. The maximum Gasteiger partial charge on any atom is 0.243 e. The van der Waals surface area contributed by atoms with Crippen molar-refractivity contribution in [1.82, 2.24) is 13.7 Å². The van der Waals surface area contributed by atoms with Gasteiger partial charge in [0.2, 0.25) is 15.2 Å². The number of piperazine rings is 1. The molecule has 0 aliphatic carbocycles. The van der Waals surface area contributed by atoms with Crippen LogP contribution in [0.3, 0.4) is 0 Å². The van der Waals surface area contributed by atoms with Crippen molar-refractivity contribution in [3.05, 3.63) is 70.0 Å². The number of benzene rings is 2. The van der Waals surface area contributed by atoms with Gasteiger partial charge in [0, 0.05) is 48.6 Å². The molecule has 0 spiro atoms. The zero-order valence-electron chi connectivity index (χ0n) is 16.0. The lowest BCUT2D eigenvalue weighted by molar-refractivity contribution is 0.384. The van der Waals surface area contributed by atoms with Crippen LogP contribution in [0, 0.1) is 6.92 Å². The Morgan fingerprint density at radius 1 is 1.00 bits per heavy atom. The number of hydrogen-bond donors (Lipinski definition) is 0. The lowest BCUT2D eigenvalue weighted by Crippen LogP contribution is -2.48. The van der Waals surface area contributed by atoms with Crippen LogP contribution < -0.4 is 4.90 Å². The molecule has 0 N–H and O–H groups in total. The number of aryl methyl sites for hydroxylation is 1. The van der Waals surface area contributed by atoms with E-state index in [4.69, 9.17) is 0 Å². The number of sulfonamides is 1. The molecule has 0 saturated carbocycles. The summed E-state index contributed by atoms with van der Waals surface area (Å²) < 4.78 is 32.6. The Bertz CT molecular complexity index is 1070. The Kier molecular flexibility index (Phi) is 6.00. The fraction of sp³-hybridized carbons (Fsp3) is 0.300. The van der Waals surface area contributed by atoms with E-state index < -0.39 is 10.0 Å². The maximum atomic E-state index is 12.8. The maximum absolute atomic E-state index is 12.8. The summed E-state index contributed by atoms with van der Waals surface area (Å²) in [6.07, 6.45) is 0.703. The van der Waals surface area contributed by atoms with Gasteiger partial charge >= 0.3 is 0 Å². The van der Waals surface area contributed by atoms with Gasteiger partial charge in [0.25, 0.3) is 0 Å². The lowest BCUT2D eigenvalue weighted by atomic mass is 10.1. The number of halogens is 1. The van der Waals surface area contributed by atoms with Crippen molar-refractivity contribution in [3.8, 4) is 0 Å². The lowest BCUT2D eigenvalue weighted by Gasteiger charge is -2.33. The van der Waals surface area contributed by atoms with Gasteiger partial charge < -0.3 is 4.90 Å². The van der Waals surface area contributed by atoms with Crippen LogP contribution in [-0.2, 0) is 16.4 Å². The summed E-state index contributed by atoms with van der Waals surface area (Å²) in [6.45, 7) is 4.15. The van der Waals surface area contributed by atoms with Crippen molar-refractivity contribution in [1.29, 1.82) is 0 Å². The quantitative estimate of drug-likeness (QED) is 0.542. The van der Waals surface area contributed by atoms with Crippen LogP contribution in [-0.4, -0.2) is 48.3 Å². The van der Waals surface area contributed by atoms with Gasteiger partial charge in [-0.1, -0.05) is 45.8 Å². The van der Waals surface area contributed by atoms with Crippen molar-refractivity contribution < 1.29 is 8.42 Å². The highest BCUT2D eigenvalue weighted by Crippen LogP contribution is 2.24. The van der Waals surface area contributed by atoms with Gasteiger partial charge in [-0.15, -0.1) is 0 Å². The van der Waals surface area contributed by atoms with Crippen LogP contribution in [0.5, 0.6) is 0 Å². The third-order valence-corrected chi connectivity index (χ3v) is 8.16. The first kappa shape index (κ1) is 20.5. The third-order valence-electron chi connectivity index (χ3n) is 4.90. The Morgan fingerprint density at radius 2 is 1.66 bits per heavy atom. The average Bonchev–Trinajstić information content (AvgIpc) is 3.19. The summed E-state index contributed by atoms with van der Waals surface area (Å²) in [5.41, 5.74) is 2.42. The van der Waals surface area contributed by atoms with Gasteiger partial charge in [0.15, 0.2) is 0 Å². The molecule has 1 aliphatic rings. The van der Waals surface area contributed by atoms with E-state index in [1.165, 1.54) is 22.7 Å². The predicted octanol–water partition coefficient (Wildman–Crippen LogP) is 3.71. The van der Waals surface area contributed by atoms with E-state index in [-0.39, 0.29) is 0 Å². The smallest absolute Gasteiger partial charge is 0.243 e. The van der Waals surface area contributed by atoms with E-state index >= 15 is 0 Å². The van der Waals surface area contributed by atoms with Gasteiger partial charge in [-0.2, -0.15) is 8.68 Å². The SMILES string of the molecule is Cc1ccc(Cc2nsc(N3CCN(S(=O)(=O)c4ccc(Br)cc4)CC3)n2)cc1. The Labute approximate surface area is 183 Å². The van der Waals surface area contributed by atoms with E-state index in [2.05, 4.69) is 61.4 Å². The van der Waals surface area contributed by atoms with Gasteiger partial charge in [-0.3, -0.25) is 0 Å². The summed E-state index contributed by atoms with van der Waals surface area (Å²) in [6, 6.07) is 15.1. The van der Waals surface area contributed by atoms with Crippen molar-refractivity contribution in [2.45, 2.75) is 18.2 Å². The molecule has 0 unspecified atom stereocenters. The van der Waals surface area contributed by atoms with Crippen molar-refractivity contribution in [3.63, 3.8) is 0 Å². The molecule has 0 atom stereocenters. The monoisotopic (exact) mass is 492 g/mol.